The molecule has 0 radical (unpaired) electrons. The Morgan fingerprint density at radius 2 is 0.905 bits per heavy atom. The number of nitrogens with zero attached hydrogens (tertiary/aromatic N) is 4. The Bertz CT molecular complexity index is 1810. The van der Waals surface area contributed by atoms with Crippen molar-refractivity contribution in [2.75, 3.05) is 10.6 Å². The zero-order valence-electron chi connectivity index (χ0n) is 23.2. The van der Waals surface area contributed by atoms with E-state index in [0.29, 0.717) is 23.0 Å². The number of benzene rings is 4. The van der Waals surface area contributed by atoms with Crippen molar-refractivity contribution < 1.29 is 8.78 Å². The van der Waals surface area contributed by atoms with Crippen molar-refractivity contribution in [1.82, 2.24) is 19.9 Å². The number of rotatable bonds is 4. The summed E-state index contributed by atoms with van der Waals surface area (Å²) in [5.41, 5.74) is 7.77. The fourth-order valence-corrected chi connectivity index (χ4v) is 4.61. The van der Waals surface area contributed by atoms with Crippen molar-refractivity contribution in [2.45, 2.75) is 27.7 Å². The zero-order valence-corrected chi connectivity index (χ0v) is 24.7. The fraction of sp³-hybridized carbons (Fsp3) is 0.125. The molecular formula is C32H26Cl2F2N6. The molecule has 6 aromatic rings. The molecule has 212 valence electrons. The van der Waals surface area contributed by atoms with E-state index in [0.717, 1.165) is 32.9 Å². The molecule has 42 heavy (non-hydrogen) atoms. The number of aromatic nitrogens is 4. The first-order valence-electron chi connectivity index (χ1n) is 13.0. The molecule has 6 rings (SSSR count). The van der Waals surface area contributed by atoms with Crippen LogP contribution in [0.15, 0.2) is 73.3 Å². The van der Waals surface area contributed by atoms with E-state index in [1.165, 1.54) is 48.0 Å². The maximum Gasteiger partial charge on any atom is 0.141 e. The van der Waals surface area contributed by atoms with Gasteiger partial charge in [-0.25, -0.2) is 28.7 Å². The van der Waals surface area contributed by atoms with Crippen molar-refractivity contribution in [3.05, 3.63) is 117 Å². The van der Waals surface area contributed by atoms with Gasteiger partial charge in [0.15, 0.2) is 0 Å². The Hall–Kier alpha value is -4.40. The van der Waals surface area contributed by atoms with Crippen molar-refractivity contribution >= 4 is 68.0 Å². The van der Waals surface area contributed by atoms with Crippen molar-refractivity contribution in [1.29, 1.82) is 0 Å². The summed E-state index contributed by atoms with van der Waals surface area (Å²) in [5.74, 6) is 0.457. The molecule has 0 spiro atoms. The molecule has 0 aliphatic rings. The minimum Gasteiger partial charge on any atom is -0.340 e. The molecule has 0 aliphatic carbocycles. The van der Waals surface area contributed by atoms with Gasteiger partial charge in [-0.2, -0.15) is 0 Å². The third-order valence-electron chi connectivity index (χ3n) is 6.87. The molecule has 2 N–H and O–H groups in total. The molecule has 0 unspecified atom stereocenters. The third kappa shape index (κ3) is 6.40. The summed E-state index contributed by atoms with van der Waals surface area (Å²) in [6.45, 7) is 8.17. The monoisotopic (exact) mass is 602 g/mol. The van der Waals surface area contributed by atoms with Crippen LogP contribution in [0.25, 0.3) is 21.8 Å². The van der Waals surface area contributed by atoms with E-state index in [2.05, 4.69) is 30.6 Å². The van der Waals surface area contributed by atoms with Crippen LogP contribution in [0.3, 0.4) is 0 Å². The number of aryl methyl sites for hydroxylation is 4. The molecule has 0 bridgehead atoms. The van der Waals surface area contributed by atoms with E-state index in [-0.39, 0.29) is 10.0 Å². The van der Waals surface area contributed by atoms with Crippen LogP contribution in [0, 0.1) is 39.3 Å². The van der Waals surface area contributed by atoms with Crippen LogP contribution in [0.2, 0.25) is 10.0 Å². The molecule has 0 saturated heterocycles. The predicted molar refractivity (Wildman–Crippen MR) is 167 cm³/mol. The lowest BCUT2D eigenvalue weighted by molar-refractivity contribution is 0.628. The van der Waals surface area contributed by atoms with E-state index in [9.17, 15) is 8.78 Å². The van der Waals surface area contributed by atoms with Gasteiger partial charge in [0.2, 0.25) is 0 Å². The Balaban J connectivity index is 0.000000168. The van der Waals surface area contributed by atoms with Crippen LogP contribution in [0.4, 0.5) is 31.8 Å². The van der Waals surface area contributed by atoms with Crippen molar-refractivity contribution in [3.8, 4) is 0 Å². The minimum atomic E-state index is -0.443. The van der Waals surface area contributed by atoms with Gasteiger partial charge in [0.25, 0.3) is 0 Å². The second-order valence-corrected chi connectivity index (χ2v) is 10.7. The number of nitrogens with one attached hydrogen (secondary N) is 2. The topological polar surface area (TPSA) is 75.6 Å². The van der Waals surface area contributed by atoms with E-state index in [1.807, 2.05) is 52.0 Å². The van der Waals surface area contributed by atoms with Gasteiger partial charge in [0.1, 0.15) is 35.9 Å². The highest BCUT2D eigenvalue weighted by molar-refractivity contribution is 6.31. The molecule has 2 heterocycles. The summed E-state index contributed by atoms with van der Waals surface area (Å²) in [6, 6.07) is 17.1. The van der Waals surface area contributed by atoms with Gasteiger partial charge in [0.05, 0.1) is 21.1 Å². The largest absolute Gasteiger partial charge is 0.340 e. The smallest absolute Gasteiger partial charge is 0.141 e. The van der Waals surface area contributed by atoms with Crippen LogP contribution in [0.5, 0.6) is 0 Å². The van der Waals surface area contributed by atoms with Gasteiger partial charge in [-0.15, -0.1) is 0 Å². The summed E-state index contributed by atoms with van der Waals surface area (Å²) in [5, 5.41) is 8.30. The molecule has 10 heteroatoms. The first-order valence-corrected chi connectivity index (χ1v) is 13.7. The van der Waals surface area contributed by atoms with Crippen LogP contribution in [-0.4, -0.2) is 19.9 Å². The summed E-state index contributed by atoms with van der Waals surface area (Å²) in [7, 11) is 0. The molecule has 4 aromatic carbocycles. The van der Waals surface area contributed by atoms with Gasteiger partial charge < -0.3 is 10.6 Å². The lowest BCUT2D eigenvalue weighted by atomic mass is 10.1. The Morgan fingerprint density at radius 1 is 0.524 bits per heavy atom. The highest BCUT2D eigenvalue weighted by Gasteiger charge is 2.09. The van der Waals surface area contributed by atoms with E-state index >= 15 is 0 Å². The Morgan fingerprint density at radius 3 is 1.29 bits per heavy atom. The standard InChI is InChI=1S/2C16H13ClFN3/c2*1-9-5-12-15(6-10(9)2)19-8-20-16(12)21-11-3-4-14(18)13(17)7-11/h2*3-8H,1-2H3,(H,19,20,21). The number of anilines is 4. The second-order valence-electron chi connectivity index (χ2n) is 9.86. The quantitative estimate of drug-likeness (QED) is 0.209. The summed E-state index contributed by atoms with van der Waals surface area (Å²) >= 11 is 11.6. The summed E-state index contributed by atoms with van der Waals surface area (Å²) in [6.07, 6.45) is 3.01. The molecule has 0 atom stereocenters. The Kier molecular flexibility index (Phi) is 8.47. The highest BCUT2D eigenvalue weighted by Crippen LogP contribution is 2.29. The van der Waals surface area contributed by atoms with Gasteiger partial charge in [0, 0.05) is 22.1 Å². The van der Waals surface area contributed by atoms with Gasteiger partial charge in [-0.05, 0) is 111 Å². The van der Waals surface area contributed by atoms with Crippen LogP contribution < -0.4 is 10.6 Å². The van der Waals surface area contributed by atoms with Crippen molar-refractivity contribution in [2.24, 2.45) is 0 Å². The van der Waals surface area contributed by atoms with E-state index < -0.39 is 11.6 Å². The molecular weight excluding hydrogens is 577 g/mol. The number of fused-ring (bicyclic) bond motifs is 2. The van der Waals surface area contributed by atoms with Crippen LogP contribution >= 0.6 is 23.2 Å². The summed E-state index contributed by atoms with van der Waals surface area (Å²) in [4.78, 5) is 17.1. The van der Waals surface area contributed by atoms with Gasteiger partial charge in [-0.1, -0.05) is 23.2 Å². The number of hydrogen-bond acceptors (Lipinski definition) is 6. The molecule has 0 amide bonds. The maximum atomic E-state index is 13.2. The molecule has 0 fully saturated rings. The third-order valence-corrected chi connectivity index (χ3v) is 7.45. The summed E-state index contributed by atoms with van der Waals surface area (Å²) < 4.78 is 26.4. The van der Waals surface area contributed by atoms with E-state index in [4.69, 9.17) is 23.2 Å². The van der Waals surface area contributed by atoms with Gasteiger partial charge in [-0.3, -0.25) is 0 Å². The lowest BCUT2D eigenvalue weighted by Gasteiger charge is -2.10. The Labute approximate surface area is 251 Å². The fourth-order valence-electron chi connectivity index (χ4n) is 4.25. The molecule has 0 aliphatic heterocycles. The lowest BCUT2D eigenvalue weighted by Crippen LogP contribution is -1.97. The predicted octanol–water partition coefficient (Wildman–Crippen LogP) is 9.57. The molecule has 2 aromatic heterocycles. The SMILES string of the molecule is Cc1cc2ncnc(Nc3ccc(F)c(Cl)c3)c2cc1C.Cc1cc2ncnc(Nc3ccc(F)c(Cl)c3)c2cc1C. The van der Waals surface area contributed by atoms with Crippen molar-refractivity contribution in [3.63, 3.8) is 0 Å². The molecule has 0 saturated carbocycles. The first-order chi connectivity index (χ1) is 20.1. The number of halogens is 4. The van der Waals surface area contributed by atoms with Crippen LogP contribution in [0.1, 0.15) is 22.3 Å². The second kappa shape index (κ2) is 12.2. The van der Waals surface area contributed by atoms with E-state index in [1.54, 1.807) is 12.1 Å². The van der Waals surface area contributed by atoms with Gasteiger partial charge >= 0.3 is 0 Å². The average molecular weight is 604 g/mol. The first kappa shape index (κ1) is 29.1. The zero-order chi connectivity index (χ0) is 30.0. The normalized spacial score (nSPS) is 10.9. The molecule has 6 nitrogen and oxygen atoms in total. The highest BCUT2D eigenvalue weighted by atomic mass is 35.5. The van der Waals surface area contributed by atoms with Crippen LogP contribution in [-0.2, 0) is 0 Å². The number of hydrogen-bond donors (Lipinski definition) is 2. The maximum absolute atomic E-state index is 13.2. The minimum absolute atomic E-state index is 0.0744. The average Bonchev–Trinajstić information content (AvgIpc) is 2.95.